The SMILES string of the molecule is CCCCCCCCCCCCCCCCCC(=O)[S+]=O. The van der Waals surface area contributed by atoms with Crippen molar-refractivity contribution in [1.82, 2.24) is 0 Å². The van der Waals surface area contributed by atoms with E-state index in [1.165, 1.54) is 83.5 Å². The second-order valence-corrected chi connectivity index (χ2v) is 6.78. The third-order valence-corrected chi connectivity index (χ3v) is 4.47. The molecule has 0 fully saturated rings. The molecule has 0 radical (unpaired) electrons. The summed E-state index contributed by atoms with van der Waals surface area (Å²) < 4.78 is 10.2. The van der Waals surface area contributed by atoms with Crippen molar-refractivity contribution < 1.29 is 9.00 Å². The highest BCUT2D eigenvalue weighted by atomic mass is 32.1. The first-order valence-electron chi connectivity index (χ1n) is 9.14. The number of carbonyl (C=O) groups excluding carboxylic acids is 1. The van der Waals surface area contributed by atoms with E-state index in [0.29, 0.717) is 6.42 Å². The van der Waals surface area contributed by atoms with E-state index in [1.807, 2.05) is 0 Å². The molecule has 0 saturated carbocycles. The molecule has 0 aromatic carbocycles. The molecule has 0 rings (SSSR count). The summed E-state index contributed by atoms with van der Waals surface area (Å²) in [7, 11) is 0. The van der Waals surface area contributed by atoms with Gasteiger partial charge in [0.1, 0.15) is 0 Å². The molecular formula is C18H35O2S+. The van der Waals surface area contributed by atoms with Crippen molar-refractivity contribution in [2.75, 3.05) is 0 Å². The van der Waals surface area contributed by atoms with Crippen molar-refractivity contribution in [1.29, 1.82) is 0 Å². The van der Waals surface area contributed by atoms with Gasteiger partial charge in [-0.05, 0) is 6.42 Å². The second-order valence-electron chi connectivity index (χ2n) is 6.16. The van der Waals surface area contributed by atoms with Crippen LogP contribution in [0, 0.1) is 0 Å². The van der Waals surface area contributed by atoms with Crippen LogP contribution in [0.15, 0.2) is 0 Å². The molecule has 0 atom stereocenters. The topological polar surface area (TPSA) is 34.1 Å². The second kappa shape index (κ2) is 17.7. The average Bonchev–Trinajstić information content (AvgIpc) is 2.50. The Morgan fingerprint density at radius 1 is 0.619 bits per heavy atom. The van der Waals surface area contributed by atoms with Crippen LogP contribution in [0.3, 0.4) is 0 Å². The van der Waals surface area contributed by atoms with Gasteiger partial charge in [0.15, 0.2) is 0 Å². The van der Waals surface area contributed by atoms with E-state index < -0.39 is 0 Å². The largest absolute Gasteiger partial charge is 0.546 e. The molecule has 0 aromatic heterocycles. The van der Waals surface area contributed by atoms with Gasteiger partial charge in [0.2, 0.25) is 0 Å². The van der Waals surface area contributed by atoms with E-state index in [-0.39, 0.29) is 16.8 Å². The number of hydrogen-bond acceptors (Lipinski definition) is 2. The van der Waals surface area contributed by atoms with Gasteiger partial charge in [-0.1, -0.05) is 96.8 Å². The Labute approximate surface area is 136 Å². The summed E-state index contributed by atoms with van der Waals surface area (Å²) in [6.07, 6.45) is 20.3. The molecule has 0 unspecified atom stereocenters. The smallest absolute Gasteiger partial charge is 0.221 e. The molecule has 21 heavy (non-hydrogen) atoms. The predicted molar refractivity (Wildman–Crippen MR) is 92.6 cm³/mol. The summed E-state index contributed by atoms with van der Waals surface area (Å²) >= 11 is 0.122. The van der Waals surface area contributed by atoms with E-state index in [1.54, 1.807) is 0 Å². The van der Waals surface area contributed by atoms with Crippen LogP contribution in [0.25, 0.3) is 0 Å². The lowest BCUT2D eigenvalue weighted by Gasteiger charge is -2.02. The van der Waals surface area contributed by atoms with Crippen molar-refractivity contribution in [3.8, 4) is 0 Å². The highest BCUT2D eigenvalue weighted by Crippen LogP contribution is 2.13. The Bertz CT molecular complexity index is 241. The Morgan fingerprint density at radius 3 is 1.29 bits per heavy atom. The minimum absolute atomic E-state index is 0.122. The molecule has 0 N–H and O–H groups in total. The molecule has 3 heteroatoms. The van der Waals surface area contributed by atoms with Crippen LogP contribution in [0.2, 0.25) is 0 Å². The number of unbranched alkanes of at least 4 members (excludes halogenated alkanes) is 14. The lowest BCUT2D eigenvalue weighted by molar-refractivity contribution is -0.111. The molecule has 0 aromatic rings. The van der Waals surface area contributed by atoms with Crippen LogP contribution >= 0.6 is 0 Å². The van der Waals surface area contributed by atoms with Crippen LogP contribution in [0.4, 0.5) is 0 Å². The van der Waals surface area contributed by atoms with E-state index in [2.05, 4.69) is 6.92 Å². The van der Waals surface area contributed by atoms with Crippen molar-refractivity contribution in [2.24, 2.45) is 0 Å². The van der Waals surface area contributed by atoms with Crippen LogP contribution < -0.4 is 0 Å². The zero-order valence-electron chi connectivity index (χ0n) is 14.0. The predicted octanol–water partition coefficient (Wildman–Crippen LogP) is 6.20. The number of carbonyl (C=O) groups is 1. The van der Waals surface area contributed by atoms with Crippen LogP contribution in [-0.2, 0) is 20.7 Å². The van der Waals surface area contributed by atoms with E-state index in [9.17, 15) is 9.00 Å². The van der Waals surface area contributed by atoms with Gasteiger partial charge in [-0.2, -0.15) is 0 Å². The van der Waals surface area contributed by atoms with Gasteiger partial charge >= 0.3 is 16.8 Å². The van der Waals surface area contributed by atoms with Crippen molar-refractivity contribution in [3.05, 3.63) is 0 Å². The van der Waals surface area contributed by atoms with Gasteiger partial charge in [0.25, 0.3) is 0 Å². The molecule has 0 saturated heterocycles. The Hall–Kier alpha value is -0.310. The van der Waals surface area contributed by atoms with Gasteiger partial charge in [-0.3, -0.25) is 0 Å². The third-order valence-electron chi connectivity index (χ3n) is 4.08. The zero-order valence-corrected chi connectivity index (χ0v) is 14.9. The molecule has 0 heterocycles. The van der Waals surface area contributed by atoms with Gasteiger partial charge in [-0.15, -0.1) is 0 Å². The van der Waals surface area contributed by atoms with Gasteiger partial charge in [0, 0.05) is 4.21 Å². The quantitative estimate of drug-likeness (QED) is 0.251. The maximum atomic E-state index is 10.8. The fraction of sp³-hybridized carbons (Fsp3) is 0.944. The first-order chi connectivity index (χ1) is 10.3. The van der Waals surface area contributed by atoms with Crippen molar-refractivity contribution in [2.45, 2.75) is 110 Å². The Morgan fingerprint density at radius 2 is 0.952 bits per heavy atom. The summed E-state index contributed by atoms with van der Waals surface area (Å²) in [5.74, 6) is 0. The third kappa shape index (κ3) is 17.6. The minimum atomic E-state index is -0.204. The summed E-state index contributed by atoms with van der Waals surface area (Å²) in [4.78, 5) is 10.8. The van der Waals surface area contributed by atoms with Crippen LogP contribution in [-0.4, -0.2) is 5.12 Å². The molecule has 2 nitrogen and oxygen atoms in total. The van der Waals surface area contributed by atoms with Crippen LogP contribution in [0.5, 0.6) is 0 Å². The lowest BCUT2D eigenvalue weighted by Crippen LogP contribution is -1.93. The first kappa shape index (κ1) is 20.7. The minimum Gasteiger partial charge on any atom is -0.221 e. The fourth-order valence-electron chi connectivity index (χ4n) is 2.68. The van der Waals surface area contributed by atoms with Gasteiger partial charge in [0.05, 0.1) is 6.42 Å². The number of rotatable bonds is 16. The Balaban J connectivity index is 2.99. The summed E-state index contributed by atoms with van der Waals surface area (Å²) in [6, 6.07) is 0. The highest BCUT2D eigenvalue weighted by molar-refractivity contribution is 7.83. The van der Waals surface area contributed by atoms with Crippen molar-refractivity contribution in [3.63, 3.8) is 0 Å². The lowest BCUT2D eigenvalue weighted by atomic mass is 10.0. The molecule has 0 spiro atoms. The molecule has 0 aliphatic rings. The highest BCUT2D eigenvalue weighted by Gasteiger charge is 2.14. The molecule has 0 amide bonds. The normalized spacial score (nSPS) is 10.7. The monoisotopic (exact) mass is 315 g/mol. The Kier molecular flexibility index (Phi) is 17.5. The van der Waals surface area contributed by atoms with E-state index in [0.717, 1.165) is 12.8 Å². The number of hydrogen-bond donors (Lipinski definition) is 0. The molecule has 0 bridgehead atoms. The van der Waals surface area contributed by atoms with Gasteiger partial charge < -0.3 is 0 Å². The summed E-state index contributed by atoms with van der Waals surface area (Å²) in [5, 5.41) is -0.204. The zero-order chi connectivity index (χ0) is 15.6. The van der Waals surface area contributed by atoms with Crippen LogP contribution in [0.1, 0.15) is 110 Å². The first-order valence-corrected chi connectivity index (χ1v) is 9.88. The standard InChI is InChI=1S/C18H35O2S/c1-2-3-4-5-6-7-8-9-10-11-12-13-14-15-16-17-18(19)21-20/h2-17H2,1H3/q+1. The van der Waals surface area contributed by atoms with Gasteiger partial charge in [-0.25, -0.2) is 4.79 Å². The molecule has 0 aliphatic heterocycles. The fourth-order valence-corrected chi connectivity index (χ4v) is 2.91. The van der Waals surface area contributed by atoms with Crippen molar-refractivity contribution >= 4 is 16.8 Å². The van der Waals surface area contributed by atoms with E-state index in [4.69, 9.17) is 0 Å². The molecule has 124 valence electrons. The van der Waals surface area contributed by atoms with E-state index >= 15 is 0 Å². The summed E-state index contributed by atoms with van der Waals surface area (Å²) in [6.45, 7) is 2.27. The summed E-state index contributed by atoms with van der Waals surface area (Å²) in [5.41, 5.74) is 0. The maximum absolute atomic E-state index is 10.8. The average molecular weight is 316 g/mol. The maximum Gasteiger partial charge on any atom is 0.546 e. The molecular weight excluding hydrogens is 280 g/mol. The molecule has 0 aliphatic carbocycles.